The lowest BCUT2D eigenvalue weighted by Crippen LogP contribution is -2.74. The fraction of sp³-hybridized carbons (Fsp3) is 0. The molecule has 4 aromatic heterocycles. The average molecular weight is 1760 g/mol. The fourth-order valence-corrected chi connectivity index (χ4v) is 25.8. The number of hydrogen-bond donors (Lipinski definition) is 0. The Labute approximate surface area is 794 Å². The summed E-state index contributed by atoms with van der Waals surface area (Å²) in [4.78, 5) is 3.87. The molecule has 0 bridgehead atoms. The molecule has 0 fully saturated rings. The van der Waals surface area contributed by atoms with Gasteiger partial charge in [0.2, 0.25) is 0 Å². The summed E-state index contributed by atoms with van der Waals surface area (Å²) in [6.07, 6.45) is 0. The lowest BCUT2D eigenvalue weighted by Gasteiger charge is -2.34. The van der Waals surface area contributed by atoms with Crippen molar-refractivity contribution in [2.45, 2.75) is 0 Å². The maximum absolute atomic E-state index is 10.1. The molecule has 25 rings (SSSR count). The van der Waals surface area contributed by atoms with E-state index in [0.29, 0.717) is 16.8 Å². The molecule has 21 aromatic carbocycles. The van der Waals surface area contributed by atoms with Gasteiger partial charge in [-0.1, -0.05) is 322 Å². The number of nitrogens with zero attached hydrogens (tertiary/aromatic N) is 7. The molecule has 137 heavy (non-hydrogen) atoms. The van der Waals surface area contributed by atoms with Crippen molar-refractivity contribution in [3.8, 4) is 124 Å². The number of rotatable bonds is 16. The first-order valence-electron chi connectivity index (χ1n) is 46.3. The molecule has 8 heteroatoms. The molecule has 0 N–H and O–H groups in total. The van der Waals surface area contributed by atoms with E-state index in [1.54, 1.807) is 0 Å². The zero-order valence-corrected chi connectivity index (χ0v) is 75.6. The van der Waals surface area contributed by atoms with Crippen LogP contribution in [0.1, 0.15) is 11.1 Å². The topological polar surface area (TPSA) is 71.7 Å². The maximum atomic E-state index is 10.1. The van der Waals surface area contributed by atoms with Crippen LogP contribution < -0.4 is 20.7 Å². The van der Waals surface area contributed by atoms with E-state index in [9.17, 15) is 10.5 Å². The number of para-hydroxylation sites is 4. The monoisotopic (exact) mass is 1760 g/mol. The van der Waals surface area contributed by atoms with E-state index in [1.165, 1.54) is 53.7 Å². The van der Waals surface area contributed by atoms with Gasteiger partial charge in [-0.25, -0.2) is 4.85 Å². The Balaban J connectivity index is 0.000000150. The quantitative estimate of drug-likeness (QED) is 0.0549. The van der Waals surface area contributed by atoms with Crippen molar-refractivity contribution < 1.29 is 0 Å². The SMILES string of the molecule is N#Cc1ccc2c(c1)c1cc(-c3ccc(-c4ccc5c(c4)c4ccccc4n5-c4ccccc4)cc3)ccc1n2-c1cccc([Si](c2ccccc2)(c2ccccc2)c2ccccc2)c1.[C-]#[N+]c1cc(-c2ccccc2)cc(-c2ccc3c(c2)c2cc(-c4ccc(-c5ccc6c(c5)c5cc(-c7cc(C#N)cc(-c8ccccc8)c7)ccc5n6-c5ccccc5)cc4)ccc2n3-c2ccccc2)c1. The molecular weight excluding hydrogens is 1680 g/mol. The first kappa shape index (κ1) is 81.7. The standard InChI is InChI=1S/C68H42N4.C61H41N3Si/c1-70-58-38-56(47-16-8-3-9-17-47)37-57(39-58)53-29-33-68-64(43-53)62-41-51(27-31-66(62)72(68)60-20-12-5-13-21-60)49-24-22-48(23-25-49)50-26-30-65-61(40-50)63-42-52(28-32-67(63)71(65)59-18-10-4-11-19-59)55-35-45(44-69)34-54(36-55)46-14-6-2-7-15-46;62-42-43-28-35-59-55(38-43)57-40-47(45-31-29-44(30-32-45)46-33-36-60-56(39-46)54-26-13-14-27-58(54)63(60)48-16-5-1-6-17-48)34-37-61(57)64(59)49-18-15-25-53(41-49)65(50-19-7-2-8-20-50,51-21-9-3-10-22-51)52-23-11-4-12-24-52/h2-43H;1-41H. The molecule has 0 spiro atoms. The van der Waals surface area contributed by atoms with Gasteiger partial charge in [0.05, 0.1) is 74.0 Å². The molecule has 4 heterocycles. The summed E-state index contributed by atoms with van der Waals surface area (Å²) in [5, 5.41) is 34.8. The molecule has 0 aliphatic rings. The van der Waals surface area contributed by atoms with Crippen molar-refractivity contribution in [2.24, 2.45) is 0 Å². The van der Waals surface area contributed by atoms with Crippen LogP contribution in [0, 0.1) is 29.2 Å². The Morgan fingerprint density at radius 3 is 0.781 bits per heavy atom. The summed E-state index contributed by atoms with van der Waals surface area (Å²) >= 11 is 0. The van der Waals surface area contributed by atoms with Crippen LogP contribution in [0.2, 0.25) is 0 Å². The zero-order chi connectivity index (χ0) is 91.4. The van der Waals surface area contributed by atoms with Crippen LogP contribution in [-0.2, 0) is 0 Å². The van der Waals surface area contributed by atoms with E-state index in [0.717, 1.165) is 166 Å². The third kappa shape index (κ3) is 14.6. The average Bonchev–Trinajstić information content (AvgIpc) is 0.987. The van der Waals surface area contributed by atoms with Gasteiger partial charge in [0.25, 0.3) is 0 Å². The second-order valence-electron chi connectivity index (χ2n) is 35.2. The molecule has 0 saturated carbocycles. The van der Waals surface area contributed by atoms with Crippen molar-refractivity contribution in [3.63, 3.8) is 0 Å². The van der Waals surface area contributed by atoms with Crippen LogP contribution >= 0.6 is 0 Å². The highest BCUT2D eigenvalue weighted by molar-refractivity contribution is 7.20. The smallest absolute Gasteiger partial charge is 0.188 e. The normalized spacial score (nSPS) is 11.5. The van der Waals surface area contributed by atoms with Crippen LogP contribution in [-0.4, -0.2) is 26.3 Å². The van der Waals surface area contributed by atoms with Crippen LogP contribution in [0.5, 0.6) is 0 Å². The summed E-state index contributed by atoms with van der Waals surface area (Å²) in [7, 11) is -2.77. The minimum atomic E-state index is -2.77. The molecule has 0 unspecified atom stereocenters. The minimum Gasteiger partial charge on any atom is -0.309 e. The lowest BCUT2D eigenvalue weighted by atomic mass is 9.95. The molecule has 638 valence electrons. The second-order valence-corrected chi connectivity index (χ2v) is 39.0. The highest BCUT2D eigenvalue weighted by atomic mass is 28.3. The van der Waals surface area contributed by atoms with Crippen LogP contribution in [0.3, 0.4) is 0 Å². The lowest BCUT2D eigenvalue weighted by molar-refractivity contribution is 1.18. The number of aromatic nitrogens is 4. The van der Waals surface area contributed by atoms with Crippen molar-refractivity contribution in [1.29, 1.82) is 10.5 Å². The Hall–Kier alpha value is -18.5. The van der Waals surface area contributed by atoms with Gasteiger partial charge in [0, 0.05) is 65.8 Å². The van der Waals surface area contributed by atoms with Crippen molar-refractivity contribution >= 4 is 122 Å². The van der Waals surface area contributed by atoms with Crippen molar-refractivity contribution in [2.75, 3.05) is 0 Å². The van der Waals surface area contributed by atoms with Crippen molar-refractivity contribution in [1.82, 2.24) is 18.3 Å². The number of nitriles is 2. The van der Waals surface area contributed by atoms with E-state index in [1.807, 2.05) is 72.8 Å². The Bertz CT molecular complexity index is 8740. The Morgan fingerprint density at radius 1 is 0.175 bits per heavy atom. The molecule has 7 nitrogen and oxygen atoms in total. The molecule has 0 amide bonds. The third-order valence-corrected chi connectivity index (χ3v) is 32.2. The Morgan fingerprint density at radius 2 is 0.423 bits per heavy atom. The van der Waals surface area contributed by atoms with Gasteiger partial charge in [0.1, 0.15) is 0 Å². The van der Waals surface area contributed by atoms with E-state index in [-0.39, 0.29) is 0 Å². The minimum absolute atomic E-state index is 0.619. The molecule has 0 atom stereocenters. The molecule has 25 aromatic rings. The molecular formula is C129H83N7Si. The second kappa shape index (κ2) is 34.7. The highest BCUT2D eigenvalue weighted by Crippen LogP contribution is 2.45. The summed E-state index contributed by atoms with van der Waals surface area (Å²) in [5.41, 5.74) is 33.0. The number of fused-ring (bicyclic) bond motifs is 12. The van der Waals surface area contributed by atoms with Gasteiger partial charge in [0.15, 0.2) is 13.8 Å². The van der Waals surface area contributed by atoms with E-state index in [2.05, 4.69) is 466 Å². The van der Waals surface area contributed by atoms with Gasteiger partial charge >= 0.3 is 0 Å². The molecule has 0 aliphatic heterocycles. The van der Waals surface area contributed by atoms with Crippen LogP contribution in [0.15, 0.2) is 504 Å². The summed E-state index contributed by atoms with van der Waals surface area (Å²) < 4.78 is 9.44. The predicted octanol–water partition coefficient (Wildman–Crippen LogP) is 30.8. The predicted molar refractivity (Wildman–Crippen MR) is 573 cm³/mol. The third-order valence-electron chi connectivity index (χ3n) is 27.4. The van der Waals surface area contributed by atoms with Gasteiger partial charge in [-0.15, -0.1) is 0 Å². The number of hydrogen-bond acceptors (Lipinski definition) is 2. The summed E-state index contributed by atoms with van der Waals surface area (Å²) in [6, 6.07) is 185. The highest BCUT2D eigenvalue weighted by Gasteiger charge is 2.42. The van der Waals surface area contributed by atoms with Gasteiger partial charge < -0.3 is 18.3 Å². The van der Waals surface area contributed by atoms with Gasteiger partial charge in [-0.3, -0.25) is 0 Å². The van der Waals surface area contributed by atoms with Gasteiger partial charge in [-0.2, -0.15) is 10.5 Å². The molecule has 0 radical (unpaired) electrons. The van der Waals surface area contributed by atoms with Crippen LogP contribution in [0.4, 0.5) is 5.69 Å². The number of benzene rings is 21. The molecule has 0 saturated heterocycles. The maximum Gasteiger partial charge on any atom is 0.188 e. The van der Waals surface area contributed by atoms with Crippen molar-refractivity contribution in [3.05, 3.63) is 526 Å². The van der Waals surface area contributed by atoms with E-state index < -0.39 is 8.07 Å². The summed E-state index contributed by atoms with van der Waals surface area (Å²) in [5.74, 6) is 0. The van der Waals surface area contributed by atoms with Gasteiger partial charge in [-0.05, 0) is 292 Å². The first-order chi connectivity index (χ1) is 67.7. The molecule has 0 aliphatic carbocycles. The fourth-order valence-electron chi connectivity index (χ4n) is 21.0. The van der Waals surface area contributed by atoms with E-state index >= 15 is 0 Å². The Kier molecular flexibility index (Phi) is 20.7. The van der Waals surface area contributed by atoms with Crippen LogP contribution in [0.25, 0.3) is 204 Å². The first-order valence-corrected chi connectivity index (χ1v) is 48.3. The van der Waals surface area contributed by atoms with E-state index in [4.69, 9.17) is 6.57 Å². The summed E-state index contributed by atoms with van der Waals surface area (Å²) in [6.45, 7) is 7.94. The zero-order valence-electron chi connectivity index (χ0n) is 74.6. The largest absolute Gasteiger partial charge is 0.309 e.